The van der Waals surface area contributed by atoms with E-state index in [1.165, 1.54) is 0 Å². The molecular weight excluding hydrogens is 284 g/mol. The van der Waals surface area contributed by atoms with Gasteiger partial charge in [-0.3, -0.25) is 4.79 Å². The van der Waals surface area contributed by atoms with Gasteiger partial charge in [-0.05, 0) is 32.0 Å². The summed E-state index contributed by atoms with van der Waals surface area (Å²) < 4.78 is 6.53. The largest absolute Gasteiger partial charge is 0.481 e. The molecule has 1 aromatic rings. The summed E-state index contributed by atoms with van der Waals surface area (Å²) >= 11 is 3.37. The van der Waals surface area contributed by atoms with Gasteiger partial charge in [0, 0.05) is 23.1 Å². The molecule has 1 atom stereocenters. The van der Waals surface area contributed by atoms with E-state index in [4.69, 9.17) is 10.5 Å². The summed E-state index contributed by atoms with van der Waals surface area (Å²) in [6.45, 7) is 4.55. The number of carbonyl (C=O) groups is 1. The number of ether oxygens (including phenoxy) is 1. The topological polar surface area (TPSA) is 64.3 Å². The van der Waals surface area contributed by atoms with Gasteiger partial charge in [-0.15, -0.1) is 0 Å². The molecule has 1 unspecified atom stereocenters. The maximum atomic E-state index is 11.5. The van der Waals surface area contributed by atoms with Gasteiger partial charge >= 0.3 is 0 Å². The SMILES string of the molecule is CCNC(=O)C(C)Oc1ccc(Br)cc1CN. The number of hydrogen-bond donors (Lipinski definition) is 2. The lowest BCUT2D eigenvalue weighted by atomic mass is 10.2. The number of carbonyl (C=O) groups excluding carboxylic acids is 1. The van der Waals surface area contributed by atoms with Crippen molar-refractivity contribution < 1.29 is 9.53 Å². The van der Waals surface area contributed by atoms with Crippen LogP contribution < -0.4 is 15.8 Å². The standard InChI is InChI=1S/C12H17BrN2O2/c1-3-15-12(16)8(2)17-11-5-4-10(13)6-9(11)7-14/h4-6,8H,3,7,14H2,1-2H3,(H,15,16). The van der Waals surface area contributed by atoms with Gasteiger partial charge in [0.1, 0.15) is 5.75 Å². The zero-order chi connectivity index (χ0) is 12.8. The normalized spacial score (nSPS) is 12.0. The minimum atomic E-state index is -0.526. The van der Waals surface area contributed by atoms with Crippen LogP contribution in [0.15, 0.2) is 22.7 Å². The van der Waals surface area contributed by atoms with E-state index in [0.29, 0.717) is 18.8 Å². The highest BCUT2D eigenvalue weighted by molar-refractivity contribution is 9.10. The first-order chi connectivity index (χ1) is 8.08. The van der Waals surface area contributed by atoms with Crippen LogP contribution in [0, 0.1) is 0 Å². The molecule has 94 valence electrons. The summed E-state index contributed by atoms with van der Waals surface area (Å²) in [6, 6.07) is 5.56. The van der Waals surface area contributed by atoms with Crippen LogP contribution in [0.4, 0.5) is 0 Å². The summed E-state index contributed by atoms with van der Waals surface area (Å²) in [5, 5.41) is 2.71. The molecule has 0 bridgehead atoms. The first kappa shape index (κ1) is 14.0. The molecule has 5 heteroatoms. The van der Waals surface area contributed by atoms with Crippen LogP contribution in [0.2, 0.25) is 0 Å². The van der Waals surface area contributed by atoms with Gasteiger partial charge in [0.05, 0.1) is 0 Å². The van der Waals surface area contributed by atoms with Crippen molar-refractivity contribution in [3.63, 3.8) is 0 Å². The van der Waals surface area contributed by atoms with Crippen molar-refractivity contribution in [2.45, 2.75) is 26.5 Å². The Bertz CT molecular complexity index is 396. The monoisotopic (exact) mass is 300 g/mol. The quantitative estimate of drug-likeness (QED) is 0.872. The van der Waals surface area contributed by atoms with Crippen LogP contribution >= 0.6 is 15.9 Å². The number of rotatable bonds is 5. The highest BCUT2D eigenvalue weighted by Gasteiger charge is 2.15. The zero-order valence-corrected chi connectivity index (χ0v) is 11.6. The van der Waals surface area contributed by atoms with Crippen molar-refractivity contribution in [2.24, 2.45) is 5.73 Å². The fourth-order valence-corrected chi connectivity index (χ4v) is 1.79. The molecule has 0 saturated heterocycles. The Morgan fingerprint density at radius 3 is 2.88 bits per heavy atom. The van der Waals surface area contributed by atoms with Crippen molar-refractivity contribution >= 4 is 21.8 Å². The highest BCUT2D eigenvalue weighted by Crippen LogP contribution is 2.23. The number of nitrogens with one attached hydrogen (secondary N) is 1. The lowest BCUT2D eigenvalue weighted by molar-refractivity contribution is -0.127. The second-order valence-corrected chi connectivity index (χ2v) is 4.53. The van der Waals surface area contributed by atoms with Crippen LogP contribution in [0.1, 0.15) is 19.4 Å². The second kappa shape index (κ2) is 6.61. The van der Waals surface area contributed by atoms with E-state index in [1.807, 2.05) is 25.1 Å². The molecule has 17 heavy (non-hydrogen) atoms. The van der Waals surface area contributed by atoms with Gasteiger partial charge in [-0.25, -0.2) is 0 Å². The van der Waals surface area contributed by atoms with Crippen LogP contribution in [-0.4, -0.2) is 18.6 Å². The molecule has 3 N–H and O–H groups in total. The molecule has 4 nitrogen and oxygen atoms in total. The van der Waals surface area contributed by atoms with E-state index >= 15 is 0 Å². The predicted octanol–water partition coefficient (Wildman–Crippen LogP) is 1.81. The maximum Gasteiger partial charge on any atom is 0.260 e. The third kappa shape index (κ3) is 4.02. The molecule has 1 rings (SSSR count). The van der Waals surface area contributed by atoms with Crippen molar-refractivity contribution in [3.05, 3.63) is 28.2 Å². The van der Waals surface area contributed by atoms with Crippen molar-refractivity contribution in [2.75, 3.05) is 6.54 Å². The van der Waals surface area contributed by atoms with Gasteiger partial charge in [0.25, 0.3) is 5.91 Å². The number of hydrogen-bond acceptors (Lipinski definition) is 3. The average molecular weight is 301 g/mol. The van der Waals surface area contributed by atoms with Crippen molar-refractivity contribution in [1.29, 1.82) is 0 Å². The Morgan fingerprint density at radius 2 is 2.29 bits per heavy atom. The molecule has 0 aliphatic heterocycles. The Kier molecular flexibility index (Phi) is 5.44. The smallest absolute Gasteiger partial charge is 0.260 e. The number of amides is 1. The third-order valence-corrected chi connectivity index (χ3v) is 2.76. The zero-order valence-electron chi connectivity index (χ0n) is 10.00. The van der Waals surface area contributed by atoms with Crippen molar-refractivity contribution in [1.82, 2.24) is 5.32 Å². The fourth-order valence-electron chi connectivity index (χ4n) is 1.38. The summed E-state index contributed by atoms with van der Waals surface area (Å²) in [4.78, 5) is 11.5. The van der Waals surface area contributed by atoms with Crippen LogP contribution in [0.5, 0.6) is 5.75 Å². The minimum Gasteiger partial charge on any atom is -0.481 e. The molecule has 1 amide bonds. The number of benzene rings is 1. The molecule has 1 aromatic carbocycles. The number of likely N-dealkylation sites (N-methyl/N-ethyl adjacent to an activating group) is 1. The van der Waals surface area contributed by atoms with Gasteiger partial charge in [-0.1, -0.05) is 15.9 Å². The van der Waals surface area contributed by atoms with Gasteiger partial charge in [-0.2, -0.15) is 0 Å². The summed E-state index contributed by atoms with van der Waals surface area (Å²) in [6.07, 6.45) is -0.526. The van der Waals surface area contributed by atoms with Crippen LogP contribution in [0.25, 0.3) is 0 Å². The van der Waals surface area contributed by atoms with E-state index in [-0.39, 0.29) is 5.91 Å². The molecular formula is C12H17BrN2O2. The summed E-state index contributed by atoms with van der Waals surface area (Å²) in [5.41, 5.74) is 6.50. The third-order valence-electron chi connectivity index (χ3n) is 2.27. The van der Waals surface area contributed by atoms with E-state index < -0.39 is 6.10 Å². The average Bonchev–Trinajstić information content (AvgIpc) is 2.31. The molecule has 0 aromatic heterocycles. The van der Waals surface area contributed by atoms with Crippen LogP contribution in [0.3, 0.4) is 0 Å². The molecule has 0 fully saturated rings. The molecule has 0 aliphatic carbocycles. The summed E-state index contributed by atoms with van der Waals surface area (Å²) in [7, 11) is 0. The number of halogens is 1. The van der Waals surface area contributed by atoms with Gasteiger partial charge < -0.3 is 15.8 Å². The Hall–Kier alpha value is -1.07. The van der Waals surface area contributed by atoms with E-state index in [1.54, 1.807) is 6.92 Å². The predicted molar refractivity (Wildman–Crippen MR) is 70.8 cm³/mol. The highest BCUT2D eigenvalue weighted by atomic mass is 79.9. The first-order valence-electron chi connectivity index (χ1n) is 5.51. The van der Waals surface area contributed by atoms with Gasteiger partial charge in [0.2, 0.25) is 0 Å². The molecule has 0 heterocycles. The maximum absolute atomic E-state index is 11.5. The minimum absolute atomic E-state index is 0.126. The fraction of sp³-hybridized carbons (Fsp3) is 0.417. The molecule has 0 saturated carbocycles. The van der Waals surface area contributed by atoms with E-state index in [2.05, 4.69) is 21.2 Å². The van der Waals surface area contributed by atoms with E-state index in [9.17, 15) is 4.79 Å². The Morgan fingerprint density at radius 1 is 1.59 bits per heavy atom. The second-order valence-electron chi connectivity index (χ2n) is 3.61. The molecule has 0 spiro atoms. The lowest BCUT2D eigenvalue weighted by Gasteiger charge is -2.16. The van der Waals surface area contributed by atoms with Gasteiger partial charge in [0.15, 0.2) is 6.10 Å². The summed E-state index contributed by atoms with van der Waals surface area (Å²) in [5.74, 6) is 0.521. The van der Waals surface area contributed by atoms with E-state index in [0.717, 1.165) is 10.0 Å². The molecule has 0 radical (unpaired) electrons. The Labute approximate surface area is 110 Å². The number of nitrogens with two attached hydrogens (primary N) is 1. The first-order valence-corrected chi connectivity index (χ1v) is 6.30. The van der Waals surface area contributed by atoms with Crippen LogP contribution in [-0.2, 0) is 11.3 Å². The Balaban J connectivity index is 2.77. The lowest BCUT2D eigenvalue weighted by Crippen LogP contribution is -2.36. The van der Waals surface area contributed by atoms with Crippen molar-refractivity contribution in [3.8, 4) is 5.75 Å². The molecule has 0 aliphatic rings.